The van der Waals surface area contributed by atoms with E-state index in [2.05, 4.69) is 31.1 Å². The van der Waals surface area contributed by atoms with Gasteiger partial charge in [0.15, 0.2) is 11.3 Å². The molecule has 3 heterocycles. The predicted molar refractivity (Wildman–Crippen MR) is 99.1 cm³/mol. The van der Waals surface area contributed by atoms with Crippen molar-refractivity contribution in [3.8, 4) is 0 Å². The number of rotatable bonds is 4. The average molecular weight is 480 g/mol. The Morgan fingerprint density at radius 2 is 2.07 bits per heavy atom. The van der Waals surface area contributed by atoms with E-state index < -0.39 is 17.8 Å². The van der Waals surface area contributed by atoms with Crippen molar-refractivity contribution in [2.45, 2.75) is 33.1 Å². The summed E-state index contributed by atoms with van der Waals surface area (Å²) in [6.07, 6.45) is -3.17. The van der Waals surface area contributed by atoms with Crippen LogP contribution in [0.4, 0.5) is 13.2 Å². The number of fused-ring (bicyclic) bond motifs is 1. The zero-order valence-corrected chi connectivity index (χ0v) is 17.4. The average Bonchev–Trinajstić information content (AvgIpc) is 3.13. The highest BCUT2D eigenvalue weighted by molar-refractivity contribution is 9.10. The van der Waals surface area contributed by atoms with Crippen molar-refractivity contribution in [2.24, 2.45) is 0 Å². The van der Waals surface area contributed by atoms with Gasteiger partial charge in [-0.3, -0.25) is 9.48 Å². The second-order valence-electron chi connectivity index (χ2n) is 6.09. The summed E-state index contributed by atoms with van der Waals surface area (Å²) in [4.78, 5) is 18.2. The summed E-state index contributed by atoms with van der Waals surface area (Å²) in [6, 6.07) is 0.879. The van der Waals surface area contributed by atoms with Crippen LogP contribution in [-0.4, -0.2) is 42.2 Å². The molecule has 0 aliphatic carbocycles. The largest absolute Gasteiger partial charge is 0.433 e. The number of halogens is 5. The van der Waals surface area contributed by atoms with Crippen LogP contribution in [-0.2, 0) is 19.3 Å². The first-order valence-corrected chi connectivity index (χ1v) is 9.30. The summed E-state index contributed by atoms with van der Waals surface area (Å²) >= 11 is 9.29. The van der Waals surface area contributed by atoms with E-state index in [1.165, 1.54) is 25.1 Å². The molecule has 0 saturated heterocycles. The van der Waals surface area contributed by atoms with Crippen LogP contribution in [0.3, 0.4) is 0 Å². The Kier molecular flexibility index (Phi) is 5.41. The van der Waals surface area contributed by atoms with Gasteiger partial charge in [0.2, 0.25) is 0 Å². The molecule has 0 aliphatic heterocycles. The Morgan fingerprint density at radius 1 is 1.39 bits per heavy atom. The number of carbonyl (C=O) groups is 1. The lowest BCUT2D eigenvalue weighted by atomic mass is 10.3. The fraction of sp³-hybridized carbons (Fsp3) is 0.375. The van der Waals surface area contributed by atoms with Crippen molar-refractivity contribution >= 4 is 39.1 Å². The molecule has 12 heteroatoms. The van der Waals surface area contributed by atoms with Gasteiger partial charge in [-0.2, -0.15) is 23.4 Å². The van der Waals surface area contributed by atoms with Crippen molar-refractivity contribution in [1.29, 1.82) is 0 Å². The third-order valence-corrected chi connectivity index (χ3v) is 5.13. The van der Waals surface area contributed by atoms with Crippen LogP contribution in [0.2, 0.25) is 5.02 Å². The predicted octanol–water partition coefficient (Wildman–Crippen LogP) is 3.96. The van der Waals surface area contributed by atoms with Gasteiger partial charge in [-0.1, -0.05) is 11.6 Å². The molecule has 0 saturated carbocycles. The van der Waals surface area contributed by atoms with E-state index in [4.69, 9.17) is 11.6 Å². The molecule has 0 aliphatic rings. The van der Waals surface area contributed by atoms with Gasteiger partial charge in [-0.15, -0.1) is 0 Å². The first kappa shape index (κ1) is 20.6. The van der Waals surface area contributed by atoms with Gasteiger partial charge in [0.1, 0.15) is 5.69 Å². The zero-order chi connectivity index (χ0) is 20.8. The van der Waals surface area contributed by atoms with Crippen molar-refractivity contribution in [3.05, 3.63) is 44.5 Å². The Bertz CT molecular complexity index is 1060. The van der Waals surface area contributed by atoms with Crippen LogP contribution in [0, 0.1) is 6.92 Å². The molecule has 0 spiro atoms. The summed E-state index contributed by atoms with van der Waals surface area (Å²) in [6.45, 7) is 3.99. The highest BCUT2D eigenvalue weighted by Crippen LogP contribution is 2.32. The van der Waals surface area contributed by atoms with Gasteiger partial charge >= 0.3 is 6.18 Å². The summed E-state index contributed by atoms with van der Waals surface area (Å²) in [5.41, 5.74) is -0.494. The van der Waals surface area contributed by atoms with Crippen LogP contribution >= 0.6 is 27.5 Å². The molecule has 0 fully saturated rings. The Balaban J connectivity index is 2.02. The fourth-order valence-electron chi connectivity index (χ4n) is 2.75. The number of aryl methyl sites for hydroxylation is 2. The van der Waals surface area contributed by atoms with Crippen LogP contribution in [0.1, 0.15) is 34.5 Å². The van der Waals surface area contributed by atoms with Gasteiger partial charge in [-0.25, -0.2) is 9.50 Å². The van der Waals surface area contributed by atoms with Crippen molar-refractivity contribution < 1.29 is 18.0 Å². The number of carbonyl (C=O) groups excluding carboxylic acids is 1. The Labute approximate surface area is 171 Å². The van der Waals surface area contributed by atoms with E-state index in [1.54, 1.807) is 4.68 Å². The Hall–Kier alpha value is -2.14. The minimum absolute atomic E-state index is 0.0827. The quantitative estimate of drug-likeness (QED) is 0.568. The minimum atomic E-state index is -4.65. The van der Waals surface area contributed by atoms with Gasteiger partial charge in [0.25, 0.3) is 5.91 Å². The third-order valence-electron chi connectivity index (χ3n) is 4.08. The van der Waals surface area contributed by atoms with E-state index in [0.29, 0.717) is 21.8 Å². The topological polar surface area (TPSA) is 68.3 Å². The molecule has 3 rings (SSSR count). The smallest absolute Gasteiger partial charge is 0.334 e. The maximum atomic E-state index is 13.4. The molecule has 0 N–H and O–H groups in total. The number of hydrogen-bond donors (Lipinski definition) is 0. The van der Waals surface area contributed by atoms with Crippen LogP contribution in [0.5, 0.6) is 0 Å². The van der Waals surface area contributed by atoms with Crippen molar-refractivity contribution in [3.63, 3.8) is 0 Å². The number of aromatic nitrogens is 5. The number of alkyl halides is 3. The van der Waals surface area contributed by atoms with Gasteiger partial charge < -0.3 is 4.90 Å². The molecule has 0 atom stereocenters. The number of nitrogens with zero attached hydrogens (tertiary/aromatic N) is 6. The van der Waals surface area contributed by atoms with E-state index in [1.807, 2.05) is 6.92 Å². The second-order valence-corrected chi connectivity index (χ2v) is 7.29. The van der Waals surface area contributed by atoms with Gasteiger partial charge in [-0.05, 0) is 35.8 Å². The van der Waals surface area contributed by atoms with E-state index in [9.17, 15) is 18.0 Å². The molecule has 0 unspecified atom stereocenters. The lowest BCUT2D eigenvalue weighted by Crippen LogP contribution is -2.28. The number of amides is 1. The molecule has 0 radical (unpaired) electrons. The second kappa shape index (κ2) is 7.36. The van der Waals surface area contributed by atoms with Crippen LogP contribution < -0.4 is 0 Å². The monoisotopic (exact) mass is 478 g/mol. The highest BCUT2D eigenvalue weighted by Gasteiger charge is 2.36. The molecule has 7 nitrogen and oxygen atoms in total. The van der Waals surface area contributed by atoms with Gasteiger partial charge in [0, 0.05) is 19.3 Å². The first-order valence-electron chi connectivity index (χ1n) is 8.13. The van der Waals surface area contributed by atoms with Crippen molar-refractivity contribution in [1.82, 2.24) is 29.3 Å². The molecular weight excluding hydrogens is 465 g/mol. The molecule has 1 amide bonds. The van der Waals surface area contributed by atoms with E-state index >= 15 is 0 Å². The van der Waals surface area contributed by atoms with E-state index in [0.717, 1.165) is 6.07 Å². The van der Waals surface area contributed by atoms with Crippen molar-refractivity contribution in [2.75, 3.05) is 7.05 Å². The lowest BCUT2D eigenvalue weighted by molar-refractivity contribution is -0.142. The maximum absolute atomic E-state index is 13.4. The maximum Gasteiger partial charge on any atom is 0.433 e. The zero-order valence-electron chi connectivity index (χ0n) is 15.1. The molecular formula is C16H15BrClF3N6O. The van der Waals surface area contributed by atoms with E-state index in [-0.39, 0.29) is 28.1 Å². The fourth-order valence-corrected chi connectivity index (χ4v) is 3.45. The molecule has 0 aromatic carbocycles. The summed E-state index contributed by atoms with van der Waals surface area (Å²) < 4.78 is 42.4. The number of hydrogen-bond acceptors (Lipinski definition) is 4. The molecule has 150 valence electrons. The molecule has 0 bridgehead atoms. The van der Waals surface area contributed by atoms with Crippen LogP contribution in [0.15, 0.2) is 16.7 Å². The van der Waals surface area contributed by atoms with Gasteiger partial charge in [0.05, 0.1) is 27.9 Å². The molecule has 3 aromatic heterocycles. The lowest BCUT2D eigenvalue weighted by Gasteiger charge is -2.17. The molecule has 28 heavy (non-hydrogen) atoms. The SMILES string of the molecule is CCn1ncc(Cl)c1CN(C)C(=O)c1nn2c(C(F)(F)F)cc(C)nc2c1Br. The highest BCUT2D eigenvalue weighted by atomic mass is 79.9. The third kappa shape index (κ3) is 3.60. The summed E-state index contributed by atoms with van der Waals surface area (Å²) in [7, 11) is 1.51. The summed E-state index contributed by atoms with van der Waals surface area (Å²) in [5, 5.41) is 8.37. The normalized spacial score (nSPS) is 12.0. The minimum Gasteiger partial charge on any atom is -0.334 e. The Morgan fingerprint density at radius 3 is 2.68 bits per heavy atom. The van der Waals surface area contributed by atoms with Crippen LogP contribution in [0.25, 0.3) is 5.65 Å². The summed E-state index contributed by atoms with van der Waals surface area (Å²) in [5.74, 6) is -0.580. The first-order chi connectivity index (χ1) is 13.0. The molecule has 3 aromatic rings. The standard InChI is InChI=1S/C16H15BrClF3N6O/c1-4-26-10(9(18)6-22-26)7-25(3)15(28)13-12(17)14-23-8(2)5-11(16(19,20)21)27(14)24-13/h5-6H,4,7H2,1-3H3.